The van der Waals surface area contributed by atoms with E-state index in [4.69, 9.17) is 18.9 Å². The van der Waals surface area contributed by atoms with Gasteiger partial charge in [-0.1, -0.05) is 12.2 Å². The molecule has 6 heteroatoms. The topological polar surface area (TPSA) is 71.1 Å². The van der Waals surface area contributed by atoms with Gasteiger partial charge in [-0.05, 0) is 20.8 Å². The molecule has 2 saturated heterocycles. The van der Waals surface area contributed by atoms with E-state index in [9.17, 15) is 9.59 Å². The second-order valence-corrected chi connectivity index (χ2v) is 7.18. The second-order valence-electron chi connectivity index (χ2n) is 7.18. The fourth-order valence-electron chi connectivity index (χ4n) is 5.40. The van der Waals surface area contributed by atoms with E-state index in [0.29, 0.717) is 0 Å². The molecular formula is C17H20O6. The Morgan fingerprint density at radius 2 is 1.61 bits per heavy atom. The molecular weight excluding hydrogens is 300 g/mol. The highest BCUT2D eigenvalue weighted by molar-refractivity contribution is 6.05. The molecule has 4 heterocycles. The Bertz CT molecular complexity index is 693. The number of hydrogen-bond donors (Lipinski definition) is 0. The van der Waals surface area contributed by atoms with E-state index >= 15 is 0 Å². The fraction of sp³-hybridized carbons (Fsp3) is 0.647. The minimum atomic E-state index is -0.940. The zero-order valence-corrected chi connectivity index (χ0v) is 13.8. The van der Waals surface area contributed by atoms with E-state index < -0.39 is 28.7 Å². The summed E-state index contributed by atoms with van der Waals surface area (Å²) >= 11 is 0. The molecule has 124 valence electrons. The summed E-state index contributed by atoms with van der Waals surface area (Å²) in [4.78, 5) is 24.9. The number of hydrogen-bond acceptors (Lipinski definition) is 6. The number of rotatable bonds is 2. The van der Waals surface area contributed by atoms with Crippen molar-refractivity contribution in [1.82, 2.24) is 0 Å². The highest BCUT2D eigenvalue weighted by Gasteiger charge is 2.78. The van der Waals surface area contributed by atoms with Crippen LogP contribution in [0.3, 0.4) is 0 Å². The van der Waals surface area contributed by atoms with Gasteiger partial charge in [-0.3, -0.25) is 0 Å². The van der Waals surface area contributed by atoms with Crippen LogP contribution < -0.4 is 0 Å². The molecule has 4 rings (SSSR count). The van der Waals surface area contributed by atoms with Gasteiger partial charge in [0.1, 0.15) is 11.2 Å². The van der Waals surface area contributed by atoms with Crippen LogP contribution in [-0.4, -0.2) is 49.1 Å². The van der Waals surface area contributed by atoms with Crippen LogP contribution in [0.5, 0.6) is 0 Å². The maximum absolute atomic E-state index is 12.5. The summed E-state index contributed by atoms with van der Waals surface area (Å²) in [6.45, 7) is 5.69. The van der Waals surface area contributed by atoms with E-state index in [1.807, 2.05) is 32.9 Å². The molecule has 0 amide bonds. The maximum atomic E-state index is 12.5. The molecule has 6 nitrogen and oxygen atoms in total. The summed E-state index contributed by atoms with van der Waals surface area (Å²) in [7, 11) is 2.61. The number of carbonyl (C=O) groups excluding carboxylic acids is 2. The minimum absolute atomic E-state index is 0.0370. The Balaban J connectivity index is 1.97. The molecule has 0 aliphatic carbocycles. The predicted octanol–water partition coefficient (Wildman–Crippen LogP) is 1.15. The van der Waals surface area contributed by atoms with Gasteiger partial charge in [-0.2, -0.15) is 0 Å². The van der Waals surface area contributed by atoms with E-state index in [0.717, 1.165) is 0 Å². The molecule has 0 unspecified atom stereocenters. The van der Waals surface area contributed by atoms with Crippen molar-refractivity contribution >= 4 is 11.9 Å². The van der Waals surface area contributed by atoms with Crippen LogP contribution >= 0.6 is 0 Å². The SMILES string of the molecule is COC(=O)C1=C(C(=O)OC)[C@@]2(C)O[C@@]1(C)[C@H]1[C@H]3C=C[C@@](C)(O3)[C@H]12. The normalized spacial score (nSPS) is 48.8. The average molecular weight is 320 g/mol. The summed E-state index contributed by atoms with van der Waals surface area (Å²) < 4.78 is 22.3. The molecule has 4 bridgehead atoms. The van der Waals surface area contributed by atoms with Gasteiger partial charge in [0.15, 0.2) is 0 Å². The summed E-state index contributed by atoms with van der Waals surface area (Å²) in [5.74, 6) is -1.19. The van der Waals surface area contributed by atoms with E-state index in [-0.39, 0.29) is 29.1 Å². The zero-order valence-electron chi connectivity index (χ0n) is 13.8. The fourth-order valence-corrected chi connectivity index (χ4v) is 5.40. The molecule has 0 aromatic heterocycles. The molecule has 0 radical (unpaired) electrons. The lowest BCUT2D eigenvalue weighted by Gasteiger charge is -2.39. The Labute approximate surface area is 134 Å². The highest BCUT2D eigenvalue weighted by atomic mass is 16.6. The van der Waals surface area contributed by atoms with Crippen molar-refractivity contribution in [3.8, 4) is 0 Å². The van der Waals surface area contributed by atoms with E-state index in [1.54, 1.807) is 0 Å². The van der Waals surface area contributed by atoms with Crippen molar-refractivity contribution in [2.75, 3.05) is 14.2 Å². The Hall–Kier alpha value is -1.66. The lowest BCUT2D eigenvalue weighted by Crippen LogP contribution is -2.51. The molecule has 0 spiro atoms. The van der Waals surface area contributed by atoms with E-state index in [2.05, 4.69) is 0 Å². The largest absolute Gasteiger partial charge is 0.466 e. The van der Waals surface area contributed by atoms with Crippen LogP contribution in [0.1, 0.15) is 20.8 Å². The first-order chi connectivity index (χ1) is 10.7. The number of carbonyl (C=O) groups is 2. The Kier molecular flexibility index (Phi) is 2.62. The van der Waals surface area contributed by atoms with Crippen molar-refractivity contribution in [3.05, 3.63) is 23.3 Å². The second kappa shape index (κ2) is 4.05. The van der Waals surface area contributed by atoms with Gasteiger partial charge in [0.25, 0.3) is 0 Å². The van der Waals surface area contributed by atoms with Gasteiger partial charge in [0, 0.05) is 11.8 Å². The van der Waals surface area contributed by atoms with Crippen LogP contribution in [0, 0.1) is 11.8 Å². The minimum Gasteiger partial charge on any atom is -0.466 e. The third kappa shape index (κ3) is 1.42. The van der Waals surface area contributed by atoms with Crippen molar-refractivity contribution < 1.29 is 28.5 Å². The highest BCUT2D eigenvalue weighted by Crippen LogP contribution is 2.69. The number of esters is 2. The summed E-state index contributed by atoms with van der Waals surface area (Å²) in [6, 6.07) is 0. The maximum Gasteiger partial charge on any atom is 0.337 e. The van der Waals surface area contributed by atoms with Crippen LogP contribution in [-0.2, 0) is 28.5 Å². The molecule has 0 aromatic carbocycles. The van der Waals surface area contributed by atoms with Crippen molar-refractivity contribution in [3.63, 3.8) is 0 Å². The first-order valence-corrected chi connectivity index (χ1v) is 7.72. The van der Waals surface area contributed by atoms with E-state index in [1.165, 1.54) is 14.2 Å². The number of methoxy groups -OCH3 is 2. The molecule has 4 aliphatic rings. The lowest BCUT2D eigenvalue weighted by molar-refractivity contribution is -0.140. The van der Waals surface area contributed by atoms with Crippen LogP contribution in [0.15, 0.2) is 23.3 Å². The van der Waals surface area contributed by atoms with Gasteiger partial charge in [0.05, 0.1) is 37.1 Å². The third-order valence-electron chi connectivity index (χ3n) is 6.01. The first-order valence-electron chi connectivity index (χ1n) is 7.72. The van der Waals surface area contributed by atoms with Gasteiger partial charge >= 0.3 is 11.9 Å². The third-order valence-corrected chi connectivity index (χ3v) is 6.01. The quantitative estimate of drug-likeness (QED) is 0.561. The zero-order chi connectivity index (χ0) is 16.8. The Morgan fingerprint density at radius 3 is 2.17 bits per heavy atom. The average Bonchev–Trinajstić information content (AvgIpc) is 3.16. The van der Waals surface area contributed by atoms with Crippen molar-refractivity contribution in [2.45, 2.75) is 43.7 Å². The van der Waals surface area contributed by atoms with Gasteiger partial charge < -0.3 is 18.9 Å². The number of fused-ring (bicyclic) bond motifs is 9. The van der Waals surface area contributed by atoms with Crippen molar-refractivity contribution in [1.29, 1.82) is 0 Å². The Morgan fingerprint density at radius 1 is 1.04 bits per heavy atom. The van der Waals surface area contributed by atoms with Crippen LogP contribution in [0.25, 0.3) is 0 Å². The summed E-state index contributed by atoms with van der Waals surface area (Å²) in [5, 5.41) is 0. The molecule has 23 heavy (non-hydrogen) atoms. The molecule has 0 aromatic rings. The number of ether oxygens (including phenoxy) is 4. The van der Waals surface area contributed by atoms with Crippen LogP contribution in [0.4, 0.5) is 0 Å². The molecule has 0 N–H and O–H groups in total. The van der Waals surface area contributed by atoms with Gasteiger partial charge in [-0.15, -0.1) is 0 Å². The van der Waals surface area contributed by atoms with Gasteiger partial charge in [0.2, 0.25) is 0 Å². The smallest absolute Gasteiger partial charge is 0.337 e. The standard InChI is InChI=1S/C17H20O6/c1-15-7-6-8(22-15)9-12(15)17(3)11(14(19)21-5)10(13(18)20-4)16(9,2)23-17/h6-9,12H,1-5H3/t8-,9+,12+,15-,16+,17-/m1/s1. The predicted molar refractivity (Wildman–Crippen MR) is 78.4 cm³/mol. The molecule has 2 fully saturated rings. The van der Waals surface area contributed by atoms with Gasteiger partial charge in [-0.25, -0.2) is 9.59 Å². The molecule has 0 saturated carbocycles. The van der Waals surface area contributed by atoms with Crippen LogP contribution in [0.2, 0.25) is 0 Å². The molecule has 4 aliphatic heterocycles. The lowest BCUT2D eigenvalue weighted by atomic mass is 9.58. The summed E-state index contributed by atoms with van der Waals surface area (Å²) in [5.41, 5.74) is -1.85. The monoisotopic (exact) mass is 320 g/mol. The first kappa shape index (κ1) is 14.9. The molecule has 6 atom stereocenters. The summed E-state index contributed by atoms with van der Waals surface area (Å²) in [6.07, 6.45) is 3.92. The van der Waals surface area contributed by atoms with Crippen molar-refractivity contribution in [2.24, 2.45) is 11.8 Å².